The van der Waals surface area contributed by atoms with E-state index in [1.165, 1.54) is 32.1 Å². The number of hydrogen-bond acceptors (Lipinski definition) is 2. The molecule has 100 valence electrons. The Labute approximate surface area is 106 Å². The molecule has 2 heteroatoms. The third kappa shape index (κ3) is 3.23. The Kier molecular flexibility index (Phi) is 4.14. The molecular weight excluding hydrogens is 210 g/mol. The molecule has 3 unspecified atom stereocenters. The molecule has 0 aromatic heterocycles. The second-order valence-corrected chi connectivity index (χ2v) is 6.77. The van der Waals surface area contributed by atoms with Crippen LogP contribution in [0.5, 0.6) is 0 Å². The molecule has 2 saturated carbocycles. The van der Waals surface area contributed by atoms with E-state index in [2.05, 4.69) is 25.8 Å². The van der Waals surface area contributed by atoms with Crippen molar-refractivity contribution < 1.29 is 5.11 Å². The molecule has 3 atom stereocenters. The number of nitrogens with zero attached hydrogens (tertiary/aromatic N) is 1. The summed E-state index contributed by atoms with van der Waals surface area (Å²) in [5.41, 5.74) is -0.374. The van der Waals surface area contributed by atoms with Crippen molar-refractivity contribution in [2.24, 2.45) is 11.8 Å². The second-order valence-electron chi connectivity index (χ2n) is 6.77. The van der Waals surface area contributed by atoms with E-state index in [1.54, 1.807) is 0 Å². The van der Waals surface area contributed by atoms with Gasteiger partial charge in [-0.3, -0.25) is 0 Å². The lowest BCUT2D eigenvalue weighted by Crippen LogP contribution is -2.46. The Hall–Kier alpha value is -0.0800. The van der Waals surface area contributed by atoms with Crippen molar-refractivity contribution in [3.63, 3.8) is 0 Å². The van der Waals surface area contributed by atoms with Gasteiger partial charge in [0.2, 0.25) is 0 Å². The zero-order chi connectivity index (χ0) is 12.5. The Bertz CT molecular complexity index is 247. The van der Waals surface area contributed by atoms with Crippen LogP contribution in [0.3, 0.4) is 0 Å². The highest BCUT2D eigenvalue weighted by Crippen LogP contribution is 2.34. The molecule has 0 aromatic carbocycles. The van der Waals surface area contributed by atoms with E-state index in [1.807, 2.05) is 0 Å². The predicted octanol–water partition coefficient (Wildman–Crippen LogP) is 3.05. The van der Waals surface area contributed by atoms with Gasteiger partial charge in [-0.15, -0.1) is 0 Å². The minimum atomic E-state index is -0.374. The maximum atomic E-state index is 10.5. The number of rotatable bonds is 3. The molecule has 1 N–H and O–H groups in total. The molecule has 0 bridgehead atoms. The summed E-state index contributed by atoms with van der Waals surface area (Å²) < 4.78 is 0. The van der Waals surface area contributed by atoms with Crippen LogP contribution in [0.15, 0.2) is 0 Å². The fraction of sp³-hybridized carbons (Fsp3) is 1.00. The van der Waals surface area contributed by atoms with Crippen molar-refractivity contribution in [2.45, 2.75) is 70.4 Å². The average Bonchev–Trinajstić information content (AvgIpc) is 2.69. The first-order chi connectivity index (χ1) is 8.00. The van der Waals surface area contributed by atoms with Gasteiger partial charge in [-0.2, -0.15) is 0 Å². The zero-order valence-electron chi connectivity index (χ0n) is 11.8. The van der Waals surface area contributed by atoms with Gasteiger partial charge in [-0.05, 0) is 51.0 Å². The van der Waals surface area contributed by atoms with Gasteiger partial charge in [0, 0.05) is 12.6 Å². The minimum Gasteiger partial charge on any atom is -0.389 e. The molecule has 0 spiro atoms. The maximum absolute atomic E-state index is 10.5. The van der Waals surface area contributed by atoms with E-state index in [9.17, 15) is 5.11 Å². The molecule has 2 aliphatic carbocycles. The molecule has 0 aliphatic heterocycles. The highest BCUT2D eigenvalue weighted by molar-refractivity contribution is 4.89. The van der Waals surface area contributed by atoms with Crippen LogP contribution in [0.1, 0.15) is 58.8 Å². The first-order valence-corrected chi connectivity index (χ1v) is 7.43. The first kappa shape index (κ1) is 13.4. The Balaban J connectivity index is 1.85. The summed E-state index contributed by atoms with van der Waals surface area (Å²) in [6.45, 7) is 5.65. The molecule has 17 heavy (non-hydrogen) atoms. The molecule has 0 radical (unpaired) electrons. The summed E-state index contributed by atoms with van der Waals surface area (Å²) in [6.07, 6.45) is 8.43. The normalized spacial score (nSPS) is 37.6. The largest absolute Gasteiger partial charge is 0.389 e. The standard InChI is InChI=1S/C15H29NO/c1-12-6-7-14(10-13(12)2)16(3)11-15(17)8-4-5-9-15/h12-14,17H,4-11H2,1-3H3. The van der Waals surface area contributed by atoms with Gasteiger partial charge in [-0.25, -0.2) is 0 Å². The molecule has 2 fully saturated rings. The first-order valence-electron chi connectivity index (χ1n) is 7.43. The van der Waals surface area contributed by atoms with Crippen molar-refractivity contribution in [1.29, 1.82) is 0 Å². The second kappa shape index (κ2) is 5.27. The predicted molar refractivity (Wildman–Crippen MR) is 72.0 cm³/mol. The van der Waals surface area contributed by atoms with E-state index in [0.29, 0.717) is 6.04 Å². The maximum Gasteiger partial charge on any atom is 0.0774 e. The number of likely N-dealkylation sites (N-methyl/N-ethyl adjacent to an activating group) is 1. The highest BCUT2D eigenvalue weighted by atomic mass is 16.3. The van der Waals surface area contributed by atoms with Crippen LogP contribution in [0.2, 0.25) is 0 Å². The fourth-order valence-corrected chi connectivity index (χ4v) is 3.70. The highest BCUT2D eigenvalue weighted by Gasteiger charge is 2.35. The third-order valence-corrected chi connectivity index (χ3v) is 5.27. The SMILES string of the molecule is CC1CCC(N(C)CC2(O)CCCC2)CC1C. The van der Waals surface area contributed by atoms with Crippen LogP contribution in [-0.2, 0) is 0 Å². The van der Waals surface area contributed by atoms with Gasteiger partial charge in [0.25, 0.3) is 0 Å². The van der Waals surface area contributed by atoms with Crippen LogP contribution < -0.4 is 0 Å². The zero-order valence-corrected chi connectivity index (χ0v) is 11.8. The summed E-state index contributed by atoms with van der Waals surface area (Å²) in [7, 11) is 2.21. The quantitative estimate of drug-likeness (QED) is 0.818. The van der Waals surface area contributed by atoms with Crippen molar-refractivity contribution >= 4 is 0 Å². The van der Waals surface area contributed by atoms with Crippen molar-refractivity contribution in [1.82, 2.24) is 4.90 Å². The van der Waals surface area contributed by atoms with E-state index < -0.39 is 0 Å². The van der Waals surface area contributed by atoms with Crippen LogP contribution in [0.4, 0.5) is 0 Å². The van der Waals surface area contributed by atoms with Crippen LogP contribution in [0, 0.1) is 11.8 Å². The van der Waals surface area contributed by atoms with Gasteiger partial charge in [-0.1, -0.05) is 26.7 Å². The molecule has 2 aliphatic rings. The van der Waals surface area contributed by atoms with Crippen LogP contribution in [-0.4, -0.2) is 35.2 Å². The Morgan fingerprint density at radius 2 is 1.76 bits per heavy atom. The topological polar surface area (TPSA) is 23.5 Å². The van der Waals surface area contributed by atoms with Gasteiger partial charge in [0.05, 0.1) is 5.60 Å². The van der Waals surface area contributed by atoms with Gasteiger partial charge in [0.15, 0.2) is 0 Å². The number of hydrogen-bond donors (Lipinski definition) is 1. The molecule has 0 aromatic rings. The Morgan fingerprint density at radius 1 is 1.12 bits per heavy atom. The molecule has 2 rings (SSSR count). The van der Waals surface area contributed by atoms with Crippen LogP contribution in [0.25, 0.3) is 0 Å². The monoisotopic (exact) mass is 239 g/mol. The van der Waals surface area contributed by atoms with Crippen LogP contribution >= 0.6 is 0 Å². The van der Waals surface area contributed by atoms with Crippen molar-refractivity contribution in [3.8, 4) is 0 Å². The van der Waals surface area contributed by atoms with E-state index >= 15 is 0 Å². The van der Waals surface area contributed by atoms with Gasteiger partial charge in [0.1, 0.15) is 0 Å². The lowest BCUT2D eigenvalue weighted by Gasteiger charge is -2.40. The minimum absolute atomic E-state index is 0.374. The molecule has 0 heterocycles. The lowest BCUT2D eigenvalue weighted by atomic mass is 9.78. The summed E-state index contributed by atoms with van der Waals surface area (Å²) in [5.74, 6) is 1.73. The average molecular weight is 239 g/mol. The van der Waals surface area contributed by atoms with E-state index in [0.717, 1.165) is 31.2 Å². The fourth-order valence-electron chi connectivity index (χ4n) is 3.70. The van der Waals surface area contributed by atoms with Gasteiger partial charge < -0.3 is 10.0 Å². The molecular formula is C15H29NO. The summed E-state index contributed by atoms with van der Waals surface area (Å²) in [4.78, 5) is 2.44. The molecule has 2 nitrogen and oxygen atoms in total. The van der Waals surface area contributed by atoms with E-state index in [-0.39, 0.29) is 5.60 Å². The molecule has 0 amide bonds. The summed E-state index contributed by atoms with van der Waals surface area (Å²) in [5, 5.41) is 10.5. The van der Waals surface area contributed by atoms with Crippen molar-refractivity contribution in [3.05, 3.63) is 0 Å². The lowest BCUT2D eigenvalue weighted by molar-refractivity contribution is -0.00496. The summed E-state index contributed by atoms with van der Waals surface area (Å²) >= 11 is 0. The third-order valence-electron chi connectivity index (χ3n) is 5.27. The Morgan fingerprint density at radius 3 is 2.35 bits per heavy atom. The smallest absolute Gasteiger partial charge is 0.0774 e. The molecule has 0 saturated heterocycles. The van der Waals surface area contributed by atoms with E-state index in [4.69, 9.17) is 0 Å². The summed E-state index contributed by atoms with van der Waals surface area (Å²) in [6, 6.07) is 0.700. The van der Waals surface area contributed by atoms with Crippen molar-refractivity contribution in [2.75, 3.05) is 13.6 Å². The number of aliphatic hydroxyl groups is 1. The van der Waals surface area contributed by atoms with Gasteiger partial charge >= 0.3 is 0 Å².